The summed E-state index contributed by atoms with van der Waals surface area (Å²) in [6.45, 7) is 2.50. The molecule has 0 unspecified atom stereocenters. The van der Waals surface area contributed by atoms with E-state index in [1.807, 2.05) is 10.6 Å². The Balaban J connectivity index is 1.63. The van der Waals surface area contributed by atoms with Crippen LogP contribution in [0.25, 0.3) is 6.08 Å². The minimum Gasteiger partial charge on any atom is -0.490 e. The molecule has 3 rings (SSSR count). The second kappa shape index (κ2) is 10.1. The van der Waals surface area contributed by atoms with E-state index in [-0.39, 0.29) is 24.5 Å². The van der Waals surface area contributed by atoms with E-state index in [4.69, 9.17) is 14.2 Å². The monoisotopic (exact) mass is 441 g/mol. The summed E-state index contributed by atoms with van der Waals surface area (Å²) in [5, 5.41) is 14.7. The quantitative estimate of drug-likeness (QED) is 0.198. The summed E-state index contributed by atoms with van der Waals surface area (Å²) >= 11 is 0. The highest BCUT2D eigenvalue weighted by Gasteiger charge is 2.27. The summed E-state index contributed by atoms with van der Waals surface area (Å²) in [4.78, 5) is 45.1. The van der Waals surface area contributed by atoms with E-state index in [1.165, 1.54) is 30.3 Å². The number of nitrogens with one attached hydrogen (secondary N) is 2. The predicted molar refractivity (Wildman–Crippen MR) is 111 cm³/mol. The van der Waals surface area contributed by atoms with Crippen molar-refractivity contribution in [3.8, 4) is 17.2 Å². The summed E-state index contributed by atoms with van der Waals surface area (Å²) in [6.07, 6.45) is 1.33. The third-order valence-corrected chi connectivity index (χ3v) is 4.18. The number of nitro benzene ring substituents is 1. The van der Waals surface area contributed by atoms with Crippen LogP contribution in [0.3, 0.4) is 0 Å². The van der Waals surface area contributed by atoms with Crippen LogP contribution in [-0.4, -0.2) is 42.6 Å². The van der Waals surface area contributed by atoms with E-state index in [9.17, 15) is 24.5 Å². The van der Waals surface area contributed by atoms with Gasteiger partial charge in [-0.05, 0) is 42.8 Å². The highest BCUT2D eigenvalue weighted by molar-refractivity contribution is 6.31. The number of nitro groups is 1. The molecular formula is C21H19N3O8. The fraction of sp³-hybridized carbons (Fsp3) is 0.190. The SMILES string of the molecule is CCOc1cc(C=C2C(=O)NC(=O)NC2=O)ccc1OCCOc1ccc([N+](=O)[O-])cc1. The van der Waals surface area contributed by atoms with Crippen LogP contribution in [0.5, 0.6) is 17.2 Å². The Labute approximate surface area is 182 Å². The van der Waals surface area contributed by atoms with Crippen LogP contribution in [0.2, 0.25) is 0 Å². The molecule has 1 aliphatic rings. The van der Waals surface area contributed by atoms with Crippen molar-refractivity contribution in [1.29, 1.82) is 0 Å². The maximum atomic E-state index is 11.9. The summed E-state index contributed by atoms with van der Waals surface area (Å²) in [5.74, 6) is -0.298. The van der Waals surface area contributed by atoms with Crippen molar-refractivity contribution in [1.82, 2.24) is 10.6 Å². The number of hydrogen-bond donors (Lipinski definition) is 2. The first-order valence-electron chi connectivity index (χ1n) is 9.52. The zero-order valence-electron chi connectivity index (χ0n) is 17.0. The van der Waals surface area contributed by atoms with Crippen LogP contribution in [-0.2, 0) is 9.59 Å². The first-order chi connectivity index (χ1) is 15.4. The minimum absolute atomic E-state index is 0.0280. The fourth-order valence-corrected chi connectivity index (χ4v) is 2.75. The molecule has 2 N–H and O–H groups in total. The molecule has 166 valence electrons. The number of carbonyl (C=O) groups is 3. The van der Waals surface area contributed by atoms with Gasteiger partial charge in [0.15, 0.2) is 11.5 Å². The highest BCUT2D eigenvalue weighted by Crippen LogP contribution is 2.29. The molecule has 0 aliphatic carbocycles. The normalized spacial score (nSPS) is 13.2. The molecule has 1 fully saturated rings. The zero-order valence-corrected chi connectivity index (χ0v) is 17.0. The van der Waals surface area contributed by atoms with E-state index in [0.29, 0.717) is 29.4 Å². The molecule has 0 aromatic heterocycles. The van der Waals surface area contributed by atoms with Gasteiger partial charge in [0.2, 0.25) is 0 Å². The lowest BCUT2D eigenvalue weighted by Crippen LogP contribution is -2.51. The Hall–Kier alpha value is -4.41. The van der Waals surface area contributed by atoms with Gasteiger partial charge in [-0.25, -0.2) is 4.79 Å². The summed E-state index contributed by atoms with van der Waals surface area (Å²) < 4.78 is 16.8. The Kier molecular flexibility index (Phi) is 7.01. The van der Waals surface area contributed by atoms with Crippen molar-refractivity contribution in [2.45, 2.75) is 6.92 Å². The average molecular weight is 441 g/mol. The summed E-state index contributed by atoms with van der Waals surface area (Å²) in [5.41, 5.74) is 0.259. The Morgan fingerprint density at radius 1 is 0.906 bits per heavy atom. The highest BCUT2D eigenvalue weighted by atomic mass is 16.6. The molecule has 32 heavy (non-hydrogen) atoms. The molecule has 1 heterocycles. The van der Waals surface area contributed by atoms with Crippen LogP contribution in [0, 0.1) is 10.1 Å². The first-order valence-corrected chi connectivity index (χ1v) is 9.52. The van der Waals surface area contributed by atoms with Crippen LogP contribution in [0.15, 0.2) is 48.0 Å². The minimum atomic E-state index is -0.869. The zero-order chi connectivity index (χ0) is 23.1. The van der Waals surface area contributed by atoms with Gasteiger partial charge >= 0.3 is 6.03 Å². The fourth-order valence-electron chi connectivity index (χ4n) is 2.75. The van der Waals surface area contributed by atoms with Crippen molar-refractivity contribution >= 4 is 29.6 Å². The number of urea groups is 1. The van der Waals surface area contributed by atoms with E-state index in [0.717, 1.165) is 0 Å². The van der Waals surface area contributed by atoms with Gasteiger partial charge in [-0.2, -0.15) is 0 Å². The van der Waals surface area contributed by atoms with Crippen molar-refractivity contribution in [3.63, 3.8) is 0 Å². The third kappa shape index (κ3) is 5.59. The maximum absolute atomic E-state index is 11.9. The molecular weight excluding hydrogens is 422 g/mol. The lowest BCUT2D eigenvalue weighted by molar-refractivity contribution is -0.384. The number of barbiturate groups is 1. The number of non-ortho nitro benzene ring substituents is 1. The van der Waals surface area contributed by atoms with Gasteiger partial charge in [-0.3, -0.25) is 30.3 Å². The predicted octanol–water partition coefficient (Wildman–Crippen LogP) is 2.20. The standard InChI is InChI=1S/C21H19N3O8/c1-2-30-18-12-13(11-16-19(25)22-21(27)23-20(16)26)3-8-17(18)32-10-9-31-15-6-4-14(5-7-15)24(28)29/h3-8,11-12H,2,9-10H2,1H3,(H2,22,23,25,26,27). The van der Waals surface area contributed by atoms with Crippen LogP contribution >= 0.6 is 0 Å². The summed E-state index contributed by atoms with van der Waals surface area (Å²) in [6, 6.07) is 9.66. The summed E-state index contributed by atoms with van der Waals surface area (Å²) in [7, 11) is 0. The van der Waals surface area contributed by atoms with Crippen LogP contribution < -0.4 is 24.8 Å². The van der Waals surface area contributed by atoms with Gasteiger partial charge in [-0.15, -0.1) is 0 Å². The molecule has 0 saturated carbocycles. The molecule has 1 saturated heterocycles. The molecule has 0 bridgehead atoms. The Morgan fingerprint density at radius 2 is 1.56 bits per heavy atom. The van der Waals surface area contributed by atoms with Gasteiger partial charge in [0.25, 0.3) is 17.5 Å². The second-order valence-corrected chi connectivity index (χ2v) is 6.38. The number of nitrogens with zero attached hydrogens (tertiary/aromatic N) is 1. The number of imide groups is 2. The van der Waals surface area contributed by atoms with E-state index < -0.39 is 22.8 Å². The van der Waals surface area contributed by atoms with Gasteiger partial charge in [0.1, 0.15) is 24.5 Å². The van der Waals surface area contributed by atoms with Crippen molar-refractivity contribution in [2.75, 3.05) is 19.8 Å². The van der Waals surface area contributed by atoms with Gasteiger partial charge in [0.05, 0.1) is 11.5 Å². The van der Waals surface area contributed by atoms with Crippen molar-refractivity contribution in [3.05, 3.63) is 63.7 Å². The maximum Gasteiger partial charge on any atom is 0.328 e. The number of hydrogen-bond acceptors (Lipinski definition) is 8. The molecule has 2 aromatic rings. The van der Waals surface area contributed by atoms with E-state index in [1.54, 1.807) is 25.1 Å². The van der Waals surface area contributed by atoms with Crippen molar-refractivity contribution in [2.24, 2.45) is 0 Å². The number of carbonyl (C=O) groups excluding carboxylic acids is 3. The average Bonchev–Trinajstić information content (AvgIpc) is 2.75. The molecule has 0 atom stereocenters. The number of ether oxygens (including phenoxy) is 3. The number of amides is 4. The lowest BCUT2D eigenvalue weighted by Gasteiger charge is -2.15. The third-order valence-electron chi connectivity index (χ3n) is 4.18. The van der Waals surface area contributed by atoms with Gasteiger partial charge in [-0.1, -0.05) is 6.07 Å². The molecule has 11 heteroatoms. The number of rotatable bonds is 9. The molecule has 4 amide bonds. The van der Waals surface area contributed by atoms with Crippen molar-refractivity contribution < 1.29 is 33.5 Å². The lowest BCUT2D eigenvalue weighted by atomic mass is 10.1. The van der Waals surface area contributed by atoms with E-state index >= 15 is 0 Å². The molecule has 11 nitrogen and oxygen atoms in total. The Bertz CT molecular complexity index is 1060. The number of benzene rings is 2. The van der Waals surface area contributed by atoms with Crippen LogP contribution in [0.4, 0.5) is 10.5 Å². The second-order valence-electron chi connectivity index (χ2n) is 6.38. The topological polar surface area (TPSA) is 146 Å². The van der Waals surface area contributed by atoms with Gasteiger partial charge in [0, 0.05) is 12.1 Å². The smallest absolute Gasteiger partial charge is 0.328 e. The van der Waals surface area contributed by atoms with Gasteiger partial charge < -0.3 is 14.2 Å². The van der Waals surface area contributed by atoms with E-state index in [2.05, 4.69) is 0 Å². The molecule has 2 aromatic carbocycles. The molecule has 0 radical (unpaired) electrons. The molecule has 1 aliphatic heterocycles. The Morgan fingerprint density at radius 3 is 2.19 bits per heavy atom. The van der Waals surface area contributed by atoms with Crippen LogP contribution in [0.1, 0.15) is 12.5 Å². The largest absolute Gasteiger partial charge is 0.490 e. The molecule has 0 spiro atoms. The first kappa shape index (κ1) is 22.3.